The maximum Gasteiger partial charge on any atom is 0.202 e. The lowest BCUT2D eigenvalue weighted by Crippen LogP contribution is -1.79. The molecule has 2 aromatic carbocycles. The Hall–Kier alpha value is -2.49. The van der Waals surface area contributed by atoms with Crippen molar-refractivity contribution in [1.82, 2.24) is 0 Å². The fourth-order valence-electron chi connectivity index (χ4n) is 1.35. The minimum atomic E-state index is -0.562. The molecule has 17 heavy (non-hydrogen) atoms. The van der Waals surface area contributed by atoms with E-state index >= 15 is 0 Å². The van der Waals surface area contributed by atoms with Crippen molar-refractivity contribution in [3.05, 3.63) is 48.0 Å². The van der Waals surface area contributed by atoms with Crippen LogP contribution in [0.1, 0.15) is 5.56 Å². The van der Waals surface area contributed by atoms with Crippen LogP contribution in [0.4, 0.5) is 5.69 Å². The van der Waals surface area contributed by atoms with Crippen LogP contribution in [0.2, 0.25) is 0 Å². The van der Waals surface area contributed by atoms with E-state index in [-0.39, 0.29) is 11.4 Å². The first-order chi connectivity index (χ1) is 8.18. The summed E-state index contributed by atoms with van der Waals surface area (Å²) in [5.74, 6) is -1.37. The summed E-state index contributed by atoms with van der Waals surface area (Å²) in [7, 11) is 0. The fraction of sp³-hybridized carbons (Fsp3) is 0. The third-order valence-corrected chi connectivity index (χ3v) is 2.26. The molecule has 0 saturated carbocycles. The van der Waals surface area contributed by atoms with Gasteiger partial charge in [0.25, 0.3) is 0 Å². The molecule has 86 valence electrons. The molecule has 0 aromatic heterocycles. The summed E-state index contributed by atoms with van der Waals surface area (Å²) in [6, 6.07) is 12.0. The lowest BCUT2D eigenvalue weighted by Gasteiger charge is -2.02. The molecular formula is C13H11NO3. The van der Waals surface area contributed by atoms with Crippen molar-refractivity contribution in [2.45, 2.75) is 0 Å². The van der Waals surface area contributed by atoms with Gasteiger partial charge in [-0.05, 0) is 17.7 Å². The van der Waals surface area contributed by atoms with Crippen LogP contribution in [-0.4, -0.2) is 21.5 Å². The van der Waals surface area contributed by atoms with Crippen molar-refractivity contribution in [2.75, 3.05) is 0 Å². The van der Waals surface area contributed by atoms with E-state index in [1.54, 1.807) is 6.21 Å². The molecule has 0 heterocycles. The van der Waals surface area contributed by atoms with Gasteiger partial charge in [-0.2, -0.15) is 0 Å². The van der Waals surface area contributed by atoms with Crippen LogP contribution in [-0.2, 0) is 0 Å². The smallest absolute Gasteiger partial charge is 0.202 e. The highest BCUT2D eigenvalue weighted by Gasteiger charge is 2.09. The van der Waals surface area contributed by atoms with E-state index in [1.807, 2.05) is 30.3 Å². The Morgan fingerprint density at radius 3 is 2.24 bits per heavy atom. The molecule has 2 rings (SSSR count). The first kappa shape index (κ1) is 11.0. The van der Waals surface area contributed by atoms with Gasteiger partial charge in [-0.25, -0.2) is 0 Å². The number of benzene rings is 2. The topological polar surface area (TPSA) is 73.1 Å². The molecule has 0 amide bonds. The molecule has 0 unspecified atom stereocenters. The minimum absolute atomic E-state index is 0.198. The third-order valence-electron chi connectivity index (χ3n) is 2.26. The van der Waals surface area contributed by atoms with Crippen molar-refractivity contribution in [1.29, 1.82) is 0 Å². The zero-order valence-corrected chi connectivity index (χ0v) is 8.91. The summed E-state index contributed by atoms with van der Waals surface area (Å²) in [5.41, 5.74) is 1.07. The second-order valence-electron chi connectivity index (χ2n) is 3.47. The maximum atomic E-state index is 9.53. The Labute approximate surface area is 98.1 Å². The highest BCUT2D eigenvalue weighted by atomic mass is 16.3. The zero-order chi connectivity index (χ0) is 12.3. The van der Waals surface area contributed by atoms with Gasteiger partial charge in [0.2, 0.25) is 5.75 Å². The van der Waals surface area contributed by atoms with E-state index in [9.17, 15) is 10.2 Å². The van der Waals surface area contributed by atoms with E-state index in [0.29, 0.717) is 0 Å². The number of aliphatic imine (C=N–C) groups is 1. The Morgan fingerprint density at radius 1 is 0.824 bits per heavy atom. The van der Waals surface area contributed by atoms with E-state index < -0.39 is 11.5 Å². The largest absolute Gasteiger partial charge is 0.504 e. The molecular weight excluding hydrogens is 218 g/mol. The molecule has 0 aliphatic rings. The second kappa shape index (κ2) is 4.57. The van der Waals surface area contributed by atoms with Crippen LogP contribution in [0.5, 0.6) is 17.2 Å². The molecule has 0 bridgehead atoms. The SMILES string of the molecule is Oc1ccc(N=Cc2ccccc2)c(O)c1O. The molecule has 0 fully saturated rings. The average molecular weight is 229 g/mol. The van der Waals surface area contributed by atoms with Crippen LogP contribution in [0, 0.1) is 0 Å². The standard InChI is InChI=1S/C13H11NO3/c15-11-7-6-10(12(16)13(11)17)14-8-9-4-2-1-3-5-9/h1-8,15-17H. The van der Waals surface area contributed by atoms with Gasteiger partial charge in [0.15, 0.2) is 11.5 Å². The van der Waals surface area contributed by atoms with Crippen LogP contribution < -0.4 is 0 Å². The van der Waals surface area contributed by atoms with E-state index in [0.717, 1.165) is 5.56 Å². The van der Waals surface area contributed by atoms with Gasteiger partial charge in [-0.1, -0.05) is 30.3 Å². The lowest BCUT2D eigenvalue weighted by molar-refractivity contribution is 0.369. The van der Waals surface area contributed by atoms with Crippen molar-refractivity contribution in [3.8, 4) is 17.2 Å². The maximum absolute atomic E-state index is 9.53. The molecule has 3 N–H and O–H groups in total. The molecule has 4 nitrogen and oxygen atoms in total. The van der Waals surface area contributed by atoms with Gasteiger partial charge in [0.1, 0.15) is 5.69 Å². The van der Waals surface area contributed by atoms with Gasteiger partial charge in [-0.15, -0.1) is 0 Å². The summed E-state index contributed by atoms with van der Waals surface area (Å²) < 4.78 is 0. The van der Waals surface area contributed by atoms with Crippen LogP contribution >= 0.6 is 0 Å². The molecule has 0 aliphatic heterocycles. The number of phenols is 3. The Balaban J connectivity index is 2.31. The lowest BCUT2D eigenvalue weighted by atomic mass is 10.2. The van der Waals surface area contributed by atoms with Gasteiger partial charge >= 0.3 is 0 Å². The van der Waals surface area contributed by atoms with Gasteiger partial charge in [0, 0.05) is 6.21 Å². The van der Waals surface area contributed by atoms with Crippen molar-refractivity contribution in [2.24, 2.45) is 4.99 Å². The third kappa shape index (κ3) is 2.36. The van der Waals surface area contributed by atoms with Gasteiger partial charge in [-0.3, -0.25) is 4.99 Å². The van der Waals surface area contributed by atoms with Crippen LogP contribution in [0.15, 0.2) is 47.5 Å². The summed E-state index contributed by atoms with van der Waals surface area (Å²) in [5, 5.41) is 28.0. The number of aromatic hydroxyl groups is 3. The van der Waals surface area contributed by atoms with Crippen LogP contribution in [0.3, 0.4) is 0 Å². The highest BCUT2D eigenvalue weighted by molar-refractivity contribution is 5.83. The van der Waals surface area contributed by atoms with E-state index in [2.05, 4.69) is 4.99 Å². The summed E-state index contributed by atoms with van der Waals surface area (Å²) in [6.07, 6.45) is 1.56. The van der Waals surface area contributed by atoms with Crippen LogP contribution in [0.25, 0.3) is 0 Å². The Morgan fingerprint density at radius 2 is 1.53 bits per heavy atom. The monoisotopic (exact) mass is 229 g/mol. The van der Waals surface area contributed by atoms with Crippen molar-refractivity contribution in [3.63, 3.8) is 0 Å². The number of hydrogen-bond donors (Lipinski definition) is 3. The van der Waals surface area contributed by atoms with E-state index in [4.69, 9.17) is 5.11 Å². The fourth-order valence-corrected chi connectivity index (χ4v) is 1.35. The van der Waals surface area contributed by atoms with Crippen molar-refractivity contribution >= 4 is 11.9 Å². The average Bonchev–Trinajstić information content (AvgIpc) is 2.36. The molecule has 0 spiro atoms. The number of phenolic OH excluding ortho intramolecular Hbond substituents is 3. The Bertz CT molecular complexity index is 550. The summed E-state index contributed by atoms with van der Waals surface area (Å²) in [4.78, 5) is 4.03. The molecule has 4 heteroatoms. The quantitative estimate of drug-likeness (QED) is 0.547. The van der Waals surface area contributed by atoms with Crippen molar-refractivity contribution < 1.29 is 15.3 Å². The molecule has 0 radical (unpaired) electrons. The highest BCUT2D eigenvalue weighted by Crippen LogP contribution is 2.41. The number of rotatable bonds is 2. The number of nitrogens with zero attached hydrogens (tertiary/aromatic N) is 1. The molecule has 0 aliphatic carbocycles. The van der Waals surface area contributed by atoms with Gasteiger partial charge in [0.05, 0.1) is 0 Å². The Kier molecular flexibility index (Phi) is 2.96. The molecule has 0 atom stereocenters. The van der Waals surface area contributed by atoms with E-state index in [1.165, 1.54) is 12.1 Å². The molecule has 2 aromatic rings. The summed E-state index contributed by atoms with van der Waals surface area (Å²) in [6.45, 7) is 0. The van der Waals surface area contributed by atoms with Gasteiger partial charge < -0.3 is 15.3 Å². The minimum Gasteiger partial charge on any atom is -0.504 e. The zero-order valence-electron chi connectivity index (χ0n) is 8.91. The summed E-state index contributed by atoms with van der Waals surface area (Å²) >= 11 is 0. The predicted molar refractivity (Wildman–Crippen MR) is 65.1 cm³/mol. The molecule has 0 saturated heterocycles. The first-order valence-corrected chi connectivity index (χ1v) is 5.01. The normalized spacial score (nSPS) is 10.8. The predicted octanol–water partition coefficient (Wildman–Crippen LogP) is 2.55. The number of hydrogen-bond acceptors (Lipinski definition) is 4. The second-order valence-corrected chi connectivity index (χ2v) is 3.47. The first-order valence-electron chi connectivity index (χ1n) is 5.01.